The number of hydrogen-bond donors (Lipinski definition) is 3. The molecule has 2 aromatic rings. The van der Waals surface area contributed by atoms with Gasteiger partial charge in [0.05, 0.1) is 12.3 Å². The average molecular weight is 318 g/mol. The summed E-state index contributed by atoms with van der Waals surface area (Å²) in [6.07, 6.45) is 0.535. The van der Waals surface area contributed by atoms with E-state index in [1.54, 1.807) is 32.4 Å². The van der Waals surface area contributed by atoms with Crippen LogP contribution in [0.15, 0.2) is 36.4 Å². The monoisotopic (exact) mass is 318 g/mol. The molecule has 2 aromatic carbocycles. The van der Waals surface area contributed by atoms with Crippen molar-refractivity contribution in [3.05, 3.63) is 53.3 Å². The van der Waals surface area contributed by atoms with E-state index in [9.17, 15) is 14.3 Å². The molecule has 0 saturated heterocycles. The van der Waals surface area contributed by atoms with E-state index in [1.165, 1.54) is 18.2 Å². The van der Waals surface area contributed by atoms with Crippen LogP contribution < -0.4 is 10.6 Å². The van der Waals surface area contributed by atoms with Crippen LogP contribution in [0, 0.1) is 5.82 Å². The molecule has 0 aliphatic rings. The number of hydrogen-bond acceptors (Lipinski definition) is 4. The molecule has 0 aliphatic carbocycles. The van der Waals surface area contributed by atoms with E-state index in [4.69, 9.17) is 4.74 Å². The summed E-state index contributed by atoms with van der Waals surface area (Å²) in [6, 6.07) is 8.88. The van der Waals surface area contributed by atoms with Crippen molar-refractivity contribution in [3.8, 4) is 5.75 Å². The van der Waals surface area contributed by atoms with E-state index in [0.29, 0.717) is 24.4 Å². The second-order valence-electron chi connectivity index (χ2n) is 4.98. The van der Waals surface area contributed by atoms with E-state index in [2.05, 4.69) is 10.6 Å². The Bertz CT molecular complexity index is 704. The number of ether oxygens (including phenoxy) is 1. The number of anilines is 2. The Hall–Kier alpha value is -2.60. The van der Waals surface area contributed by atoms with Crippen molar-refractivity contribution in [2.24, 2.45) is 0 Å². The lowest BCUT2D eigenvalue weighted by Crippen LogP contribution is -2.14. The van der Waals surface area contributed by atoms with Gasteiger partial charge in [-0.3, -0.25) is 4.79 Å². The molecule has 0 spiro atoms. The lowest BCUT2D eigenvalue weighted by molar-refractivity contribution is 0.102. The fraction of sp³-hybridized carbons (Fsp3) is 0.235. The number of nitrogens with one attached hydrogen (secondary N) is 2. The van der Waals surface area contributed by atoms with Gasteiger partial charge in [0, 0.05) is 25.4 Å². The highest BCUT2D eigenvalue weighted by atomic mass is 19.1. The van der Waals surface area contributed by atoms with Gasteiger partial charge in [0.2, 0.25) is 0 Å². The maximum atomic E-state index is 13.8. The van der Waals surface area contributed by atoms with Crippen LogP contribution in [0.2, 0.25) is 0 Å². The number of aromatic hydroxyl groups is 1. The molecule has 0 atom stereocenters. The molecule has 5 nitrogen and oxygen atoms in total. The van der Waals surface area contributed by atoms with Gasteiger partial charge in [-0.25, -0.2) is 4.39 Å². The number of carbonyl (C=O) groups excluding carboxylic acids is 1. The van der Waals surface area contributed by atoms with E-state index < -0.39 is 11.7 Å². The SMILES string of the molecule is CNc1ccc(C(=O)Nc2ccc(O)cc2CCOC)cc1F. The van der Waals surface area contributed by atoms with E-state index in [1.807, 2.05) is 0 Å². The number of benzene rings is 2. The largest absolute Gasteiger partial charge is 0.508 e. The summed E-state index contributed by atoms with van der Waals surface area (Å²) in [7, 11) is 3.18. The Morgan fingerprint density at radius 3 is 2.61 bits per heavy atom. The average Bonchev–Trinajstić information content (AvgIpc) is 2.54. The summed E-state index contributed by atoms with van der Waals surface area (Å²) in [5, 5.41) is 15.0. The number of methoxy groups -OCH3 is 1. The van der Waals surface area contributed by atoms with E-state index >= 15 is 0 Å². The van der Waals surface area contributed by atoms with Gasteiger partial charge in [-0.2, -0.15) is 0 Å². The van der Waals surface area contributed by atoms with Crippen molar-refractivity contribution in [1.82, 2.24) is 0 Å². The first-order chi connectivity index (χ1) is 11.0. The molecule has 0 bridgehead atoms. The summed E-state index contributed by atoms with van der Waals surface area (Å²) in [4.78, 5) is 12.3. The Balaban J connectivity index is 2.21. The third kappa shape index (κ3) is 4.20. The lowest BCUT2D eigenvalue weighted by Gasteiger charge is -2.12. The highest BCUT2D eigenvalue weighted by molar-refractivity contribution is 6.04. The zero-order chi connectivity index (χ0) is 16.8. The van der Waals surface area contributed by atoms with Crippen LogP contribution in [-0.4, -0.2) is 31.8 Å². The van der Waals surface area contributed by atoms with Crippen LogP contribution in [0.3, 0.4) is 0 Å². The van der Waals surface area contributed by atoms with Crippen LogP contribution >= 0.6 is 0 Å². The van der Waals surface area contributed by atoms with Gasteiger partial charge in [-0.05, 0) is 48.4 Å². The molecule has 0 fully saturated rings. The number of amides is 1. The Morgan fingerprint density at radius 1 is 1.22 bits per heavy atom. The van der Waals surface area contributed by atoms with Gasteiger partial charge in [0.25, 0.3) is 5.91 Å². The lowest BCUT2D eigenvalue weighted by atomic mass is 10.1. The summed E-state index contributed by atoms with van der Waals surface area (Å²) >= 11 is 0. The van der Waals surface area contributed by atoms with Gasteiger partial charge in [-0.15, -0.1) is 0 Å². The first-order valence-corrected chi connectivity index (χ1v) is 7.14. The molecule has 0 heterocycles. The van der Waals surface area contributed by atoms with Gasteiger partial charge >= 0.3 is 0 Å². The minimum Gasteiger partial charge on any atom is -0.508 e. The number of carbonyl (C=O) groups is 1. The molecule has 23 heavy (non-hydrogen) atoms. The standard InChI is InChI=1S/C17H19FN2O3/c1-19-16-5-3-12(10-14(16)18)17(22)20-15-6-4-13(21)9-11(15)7-8-23-2/h3-6,9-10,19,21H,7-8H2,1-2H3,(H,20,22). The van der Waals surface area contributed by atoms with Crippen molar-refractivity contribution in [2.45, 2.75) is 6.42 Å². The van der Waals surface area contributed by atoms with Crippen molar-refractivity contribution < 1.29 is 19.0 Å². The predicted octanol–water partition coefficient (Wildman–Crippen LogP) is 3.01. The molecule has 1 amide bonds. The Morgan fingerprint density at radius 2 is 1.96 bits per heavy atom. The number of phenols is 1. The topological polar surface area (TPSA) is 70.6 Å². The fourth-order valence-corrected chi connectivity index (χ4v) is 2.17. The molecule has 3 N–H and O–H groups in total. The smallest absolute Gasteiger partial charge is 0.255 e. The van der Waals surface area contributed by atoms with Gasteiger partial charge in [0.1, 0.15) is 11.6 Å². The van der Waals surface area contributed by atoms with E-state index in [0.717, 1.165) is 5.56 Å². The Kier molecular flexibility index (Phi) is 5.54. The zero-order valence-corrected chi connectivity index (χ0v) is 13.0. The predicted molar refractivity (Wildman–Crippen MR) is 87.6 cm³/mol. The van der Waals surface area contributed by atoms with Crippen molar-refractivity contribution in [3.63, 3.8) is 0 Å². The highest BCUT2D eigenvalue weighted by Crippen LogP contribution is 2.23. The maximum absolute atomic E-state index is 13.8. The molecule has 122 valence electrons. The van der Waals surface area contributed by atoms with Crippen molar-refractivity contribution in [2.75, 3.05) is 31.4 Å². The quantitative estimate of drug-likeness (QED) is 0.716. The molecule has 0 radical (unpaired) electrons. The first-order valence-electron chi connectivity index (χ1n) is 7.14. The molecule has 0 saturated carbocycles. The molecule has 0 aromatic heterocycles. The molecular formula is C17H19FN2O3. The molecule has 0 unspecified atom stereocenters. The highest BCUT2D eigenvalue weighted by Gasteiger charge is 2.12. The minimum atomic E-state index is -0.495. The normalized spacial score (nSPS) is 10.4. The third-order valence-corrected chi connectivity index (χ3v) is 3.41. The van der Waals surface area contributed by atoms with E-state index in [-0.39, 0.29) is 11.3 Å². The number of halogens is 1. The molecule has 6 heteroatoms. The van der Waals surface area contributed by atoms with Crippen LogP contribution in [-0.2, 0) is 11.2 Å². The Labute approximate surface area is 134 Å². The van der Waals surface area contributed by atoms with Gasteiger partial charge in [0.15, 0.2) is 0 Å². The summed E-state index contributed by atoms with van der Waals surface area (Å²) in [5.41, 5.74) is 1.84. The number of rotatable bonds is 6. The van der Waals surface area contributed by atoms with Crippen LogP contribution in [0.5, 0.6) is 5.75 Å². The van der Waals surface area contributed by atoms with Crippen LogP contribution in [0.25, 0.3) is 0 Å². The minimum absolute atomic E-state index is 0.110. The summed E-state index contributed by atoms with van der Waals surface area (Å²) in [5.74, 6) is -0.806. The molecule has 0 aliphatic heterocycles. The molecule has 2 rings (SSSR count). The van der Waals surface area contributed by atoms with Crippen molar-refractivity contribution in [1.29, 1.82) is 0 Å². The zero-order valence-electron chi connectivity index (χ0n) is 13.0. The summed E-state index contributed by atoms with van der Waals surface area (Å²) < 4.78 is 18.8. The fourth-order valence-electron chi connectivity index (χ4n) is 2.17. The number of phenolic OH excluding ortho intramolecular Hbond substituents is 1. The third-order valence-electron chi connectivity index (χ3n) is 3.41. The van der Waals surface area contributed by atoms with Crippen LogP contribution in [0.1, 0.15) is 15.9 Å². The second-order valence-corrected chi connectivity index (χ2v) is 4.98. The second kappa shape index (κ2) is 7.60. The van der Waals surface area contributed by atoms with Crippen molar-refractivity contribution >= 4 is 17.3 Å². The van der Waals surface area contributed by atoms with Gasteiger partial charge in [-0.1, -0.05) is 0 Å². The first kappa shape index (κ1) is 16.8. The molecular weight excluding hydrogens is 299 g/mol. The summed E-state index contributed by atoms with van der Waals surface area (Å²) in [6.45, 7) is 0.456. The maximum Gasteiger partial charge on any atom is 0.255 e. The van der Waals surface area contributed by atoms with Crippen LogP contribution in [0.4, 0.5) is 15.8 Å². The van der Waals surface area contributed by atoms with Gasteiger partial charge < -0.3 is 20.5 Å².